The zero-order valence-electron chi connectivity index (χ0n) is 18.2. The van der Waals surface area contributed by atoms with E-state index in [0.717, 1.165) is 17.4 Å². The molecule has 7 nitrogen and oxygen atoms in total. The molecule has 2 aromatic rings. The minimum atomic E-state index is -4.73. The van der Waals surface area contributed by atoms with E-state index in [1.807, 2.05) is 6.26 Å². The molecule has 1 saturated heterocycles. The Morgan fingerprint density at radius 3 is 2.73 bits per heavy atom. The Labute approximate surface area is 194 Å². The summed E-state index contributed by atoms with van der Waals surface area (Å²) in [6.07, 6.45) is -1.95. The molecule has 0 unspecified atom stereocenters. The van der Waals surface area contributed by atoms with Gasteiger partial charge in [-0.1, -0.05) is 6.07 Å². The first-order valence-corrected chi connectivity index (χ1v) is 11.5. The van der Waals surface area contributed by atoms with Gasteiger partial charge >= 0.3 is 12.1 Å². The standard InChI is InChI=1S/C22H24F3N5O2S/c1-27-14-7-8-30(12-14)19-10-16(22(23,24)25)15(11-26)21(29-19)28-17-9-13(4-6-20(31)32)3-5-18(17)33-2/h3,5,9-10,14,27H,4,6-8,12H2,1-2H3,(H,28,29)(H,31,32)/t14-/m1/s1. The molecule has 1 atom stereocenters. The number of nitrogens with zero attached hydrogens (tertiary/aromatic N) is 3. The number of hydrogen-bond acceptors (Lipinski definition) is 7. The zero-order chi connectivity index (χ0) is 24.2. The molecule has 0 radical (unpaired) electrons. The molecule has 1 fully saturated rings. The third-order valence-electron chi connectivity index (χ3n) is 5.49. The lowest BCUT2D eigenvalue weighted by Crippen LogP contribution is -2.30. The van der Waals surface area contributed by atoms with Crippen molar-refractivity contribution in [2.45, 2.75) is 36.4 Å². The molecule has 3 N–H and O–H groups in total. The van der Waals surface area contributed by atoms with E-state index in [1.165, 1.54) is 11.8 Å². The molecule has 0 bridgehead atoms. The smallest absolute Gasteiger partial charge is 0.417 e. The van der Waals surface area contributed by atoms with Crippen LogP contribution >= 0.6 is 11.8 Å². The van der Waals surface area contributed by atoms with Crippen LogP contribution in [0.4, 0.5) is 30.5 Å². The lowest BCUT2D eigenvalue weighted by Gasteiger charge is -2.22. The molecule has 1 aromatic heterocycles. The van der Waals surface area contributed by atoms with Crippen molar-refractivity contribution in [3.63, 3.8) is 0 Å². The van der Waals surface area contributed by atoms with Crippen molar-refractivity contribution in [2.24, 2.45) is 0 Å². The number of benzene rings is 1. The largest absolute Gasteiger partial charge is 0.481 e. The number of aliphatic carboxylic acids is 1. The van der Waals surface area contributed by atoms with Crippen molar-refractivity contribution in [1.82, 2.24) is 10.3 Å². The van der Waals surface area contributed by atoms with E-state index in [2.05, 4.69) is 15.6 Å². The molecular weight excluding hydrogens is 455 g/mol. The van der Waals surface area contributed by atoms with Gasteiger partial charge < -0.3 is 20.6 Å². The predicted octanol–water partition coefficient (Wildman–Crippen LogP) is 4.25. The summed E-state index contributed by atoms with van der Waals surface area (Å²) in [7, 11) is 1.80. The Hall–Kier alpha value is -2.97. The first-order valence-electron chi connectivity index (χ1n) is 10.3. The minimum Gasteiger partial charge on any atom is -0.481 e. The lowest BCUT2D eigenvalue weighted by molar-refractivity contribution is -0.138. The van der Waals surface area contributed by atoms with Crippen LogP contribution in [0.2, 0.25) is 0 Å². The molecular formula is C22H24F3N5O2S. The molecule has 1 aliphatic rings. The molecule has 0 aliphatic carbocycles. The second kappa shape index (κ2) is 10.3. The van der Waals surface area contributed by atoms with Crippen LogP contribution in [-0.2, 0) is 17.4 Å². The monoisotopic (exact) mass is 479 g/mol. The number of likely N-dealkylation sites (N-methyl/N-ethyl adjacent to an activating group) is 1. The molecule has 0 spiro atoms. The van der Waals surface area contributed by atoms with Gasteiger partial charge in [-0.05, 0) is 49.9 Å². The van der Waals surface area contributed by atoms with E-state index < -0.39 is 23.3 Å². The Morgan fingerprint density at radius 1 is 1.39 bits per heavy atom. The fourth-order valence-electron chi connectivity index (χ4n) is 3.71. The van der Waals surface area contributed by atoms with Gasteiger partial charge in [0.25, 0.3) is 0 Å². The number of carboxylic acid groups (broad SMARTS) is 1. The average molecular weight is 480 g/mol. The van der Waals surface area contributed by atoms with Crippen molar-refractivity contribution < 1.29 is 23.1 Å². The quantitative estimate of drug-likeness (QED) is 0.483. The van der Waals surface area contributed by atoms with Crippen LogP contribution in [0, 0.1) is 11.3 Å². The van der Waals surface area contributed by atoms with Crippen LogP contribution < -0.4 is 15.5 Å². The molecule has 0 amide bonds. The van der Waals surface area contributed by atoms with Gasteiger partial charge in [0.2, 0.25) is 0 Å². The lowest BCUT2D eigenvalue weighted by atomic mass is 10.1. The summed E-state index contributed by atoms with van der Waals surface area (Å²) < 4.78 is 41.6. The molecule has 11 heteroatoms. The predicted molar refractivity (Wildman–Crippen MR) is 121 cm³/mol. The summed E-state index contributed by atoms with van der Waals surface area (Å²) in [6.45, 7) is 1.05. The number of thioether (sulfide) groups is 1. The van der Waals surface area contributed by atoms with Crippen molar-refractivity contribution >= 4 is 35.1 Å². The highest BCUT2D eigenvalue weighted by molar-refractivity contribution is 7.98. The second-order valence-corrected chi connectivity index (χ2v) is 8.48. The normalized spacial score (nSPS) is 16.0. The minimum absolute atomic E-state index is 0.0744. The number of hydrogen-bond donors (Lipinski definition) is 3. The zero-order valence-corrected chi connectivity index (χ0v) is 19.0. The van der Waals surface area contributed by atoms with Gasteiger partial charge in [0.05, 0.1) is 11.3 Å². The van der Waals surface area contributed by atoms with Crippen LogP contribution in [0.15, 0.2) is 29.2 Å². The number of nitrogens with one attached hydrogen (secondary N) is 2. The van der Waals surface area contributed by atoms with Gasteiger partial charge in [0.1, 0.15) is 17.5 Å². The van der Waals surface area contributed by atoms with E-state index in [0.29, 0.717) is 24.3 Å². The maximum atomic E-state index is 13.9. The van der Waals surface area contributed by atoms with Crippen LogP contribution in [0.3, 0.4) is 0 Å². The van der Waals surface area contributed by atoms with E-state index in [4.69, 9.17) is 5.11 Å². The summed E-state index contributed by atoms with van der Waals surface area (Å²) >= 11 is 1.37. The van der Waals surface area contributed by atoms with E-state index in [1.54, 1.807) is 36.2 Å². The number of halogens is 3. The first-order chi connectivity index (χ1) is 15.7. The number of carbonyl (C=O) groups is 1. The molecule has 3 rings (SSSR count). The summed E-state index contributed by atoms with van der Waals surface area (Å²) in [5.74, 6) is -0.977. The Kier molecular flexibility index (Phi) is 7.71. The molecule has 0 saturated carbocycles. The topological polar surface area (TPSA) is 101 Å². The van der Waals surface area contributed by atoms with Gasteiger partial charge in [-0.3, -0.25) is 4.79 Å². The maximum Gasteiger partial charge on any atom is 0.417 e. The Balaban J connectivity index is 2.06. The number of rotatable bonds is 8. The fourth-order valence-corrected chi connectivity index (χ4v) is 4.25. The van der Waals surface area contributed by atoms with E-state index in [9.17, 15) is 23.2 Å². The number of pyridine rings is 1. The highest BCUT2D eigenvalue weighted by atomic mass is 32.2. The number of alkyl halides is 3. The Morgan fingerprint density at radius 2 is 2.15 bits per heavy atom. The van der Waals surface area contributed by atoms with Gasteiger partial charge in [-0.25, -0.2) is 4.98 Å². The third-order valence-corrected chi connectivity index (χ3v) is 6.28. The molecule has 2 heterocycles. The van der Waals surface area contributed by atoms with E-state index in [-0.39, 0.29) is 30.5 Å². The van der Waals surface area contributed by atoms with Crippen molar-refractivity contribution in [3.8, 4) is 6.07 Å². The number of aromatic nitrogens is 1. The second-order valence-electron chi connectivity index (χ2n) is 7.63. The average Bonchev–Trinajstić information content (AvgIpc) is 3.26. The summed E-state index contributed by atoms with van der Waals surface area (Å²) in [4.78, 5) is 17.8. The SMILES string of the molecule is CN[C@@H]1CCN(c2cc(C(F)(F)F)c(C#N)c(Nc3cc(CCC(=O)O)ccc3SC)n2)C1. The van der Waals surface area contributed by atoms with Crippen LogP contribution in [-0.4, -0.2) is 48.5 Å². The number of aryl methyl sites for hydroxylation is 1. The highest BCUT2D eigenvalue weighted by Crippen LogP contribution is 2.39. The van der Waals surface area contributed by atoms with Crippen molar-refractivity contribution in [1.29, 1.82) is 5.26 Å². The maximum absolute atomic E-state index is 13.9. The van der Waals surface area contributed by atoms with Gasteiger partial charge in [-0.2, -0.15) is 18.4 Å². The number of carboxylic acids is 1. The van der Waals surface area contributed by atoms with Crippen LogP contribution in [0.1, 0.15) is 29.5 Å². The first kappa shape index (κ1) is 24.7. The Bertz CT molecular complexity index is 1070. The fraction of sp³-hybridized carbons (Fsp3) is 0.409. The van der Waals surface area contributed by atoms with Gasteiger partial charge in [-0.15, -0.1) is 11.8 Å². The van der Waals surface area contributed by atoms with Crippen LogP contribution in [0.5, 0.6) is 0 Å². The number of anilines is 3. The highest BCUT2D eigenvalue weighted by Gasteiger charge is 2.37. The van der Waals surface area contributed by atoms with Crippen LogP contribution in [0.25, 0.3) is 0 Å². The summed E-state index contributed by atoms with van der Waals surface area (Å²) in [5.41, 5.74) is -0.453. The van der Waals surface area contributed by atoms with Gasteiger partial charge in [0, 0.05) is 30.4 Å². The number of nitriles is 1. The molecule has 176 valence electrons. The third kappa shape index (κ3) is 5.89. The summed E-state index contributed by atoms with van der Waals surface area (Å²) in [5, 5.41) is 24.6. The molecule has 33 heavy (non-hydrogen) atoms. The van der Waals surface area contributed by atoms with Crippen molar-refractivity contribution in [3.05, 3.63) is 41.0 Å². The van der Waals surface area contributed by atoms with E-state index >= 15 is 0 Å². The summed E-state index contributed by atoms with van der Waals surface area (Å²) in [6, 6.07) is 7.96. The molecule has 1 aromatic carbocycles. The molecule has 1 aliphatic heterocycles. The van der Waals surface area contributed by atoms with Crippen molar-refractivity contribution in [2.75, 3.05) is 36.6 Å². The van der Waals surface area contributed by atoms with Gasteiger partial charge in [0.15, 0.2) is 5.82 Å².